The molecule has 0 spiro atoms. The Labute approximate surface area is 119 Å². The Morgan fingerprint density at radius 2 is 2.26 bits per heavy atom. The van der Waals surface area contributed by atoms with Crippen molar-refractivity contribution in [1.82, 2.24) is 10.2 Å². The molecule has 100 valence electrons. The summed E-state index contributed by atoms with van der Waals surface area (Å²) in [4.78, 5) is 12.6. The summed E-state index contributed by atoms with van der Waals surface area (Å²) in [6.45, 7) is 3.98. The lowest BCUT2D eigenvalue weighted by Gasteiger charge is -2.09. The third kappa shape index (κ3) is 3.24. The molecule has 1 aromatic carbocycles. The van der Waals surface area contributed by atoms with Crippen LogP contribution in [0.3, 0.4) is 0 Å². The van der Waals surface area contributed by atoms with E-state index in [2.05, 4.69) is 10.2 Å². The molecule has 0 bridgehead atoms. The third-order valence-electron chi connectivity index (χ3n) is 2.24. The molecule has 2 rings (SSSR count). The van der Waals surface area contributed by atoms with Crippen LogP contribution in [-0.2, 0) is 4.74 Å². The lowest BCUT2D eigenvalue weighted by atomic mass is 10.2. The Balaban J connectivity index is 2.35. The minimum atomic E-state index is -0.376. The molecule has 0 saturated carbocycles. The molecule has 1 heterocycles. The summed E-state index contributed by atoms with van der Waals surface area (Å²) < 4.78 is 5.78. The summed E-state index contributed by atoms with van der Waals surface area (Å²) in [5, 5.41) is 8.84. The average molecular weight is 295 g/mol. The number of hydrogen-bond donors (Lipinski definition) is 1. The molecule has 0 saturated heterocycles. The lowest BCUT2D eigenvalue weighted by Crippen LogP contribution is -2.07. The number of nitrogens with zero attached hydrogens (tertiary/aromatic N) is 2. The highest BCUT2D eigenvalue weighted by atomic mass is 32.2. The summed E-state index contributed by atoms with van der Waals surface area (Å²) in [5.41, 5.74) is 6.93. The number of nitrogen functional groups attached to an aromatic ring is 1. The van der Waals surface area contributed by atoms with Crippen LogP contribution in [0.5, 0.6) is 0 Å². The van der Waals surface area contributed by atoms with E-state index in [1.165, 1.54) is 23.1 Å². The van der Waals surface area contributed by atoms with Crippen molar-refractivity contribution in [2.75, 3.05) is 12.3 Å². The Kier molecular flexibility index (Phi) is 4.39. The number of ether oxygens (including phenoxy) is 1. The van der Waals surface area contributed by atoms with Crippen molar-refractivity contribution in [3.63, 3.8) is 0 Å². The molecule has 2 N–H and O–H groups in total. The van der Waals surface area contributed by atoms with Gasteiger partial charge in [-0.3, -0.25) is 0 Å². The highest BCUT2D eigenvalue weighted by Gasteiger charge is 2.17. The maximum Gasteiger partial charge on any atom is 0.339 e. The summed E-state index contributed by atoms with van der Waals surface area (Å²) in [6, 6.07) is 5.18. The molecule has 0 aliphatic rings. The summed E-state index contributed by atoms with van der Waals surface area (Å²) in [5.74, 6) is -0.376. The van der Waals surface area contributed by atoms with Crippen LogP contribution in [0, 0.1) is 6.92 Å². The van der Waals surface area contributed by atoms with Gasteiger partial charge in [-0.15, -0.1) is 10.2 Å². The quantitative estimate of drug-likeness (QED) is 0.690. The summed E-state index contributed by atoms with van der Waals surface area (Å²) in [7, 11) is 0. The van der Waals surface area contributed by atoms with E-state index in [0.717, 1.165) is 9.35 Å². The first-order chi connectivity index (χ1) is 9.11. The number of nitrogens with two attached hydrogens (primary N) is 1. The molecule has 0 aliphatic carbocycles. The predicted octanol–water partition coefficient (Wildman–Crippen LogP) is 2.76. The smallest absolute Gasteiger partial charge is 0.339 e. The zero-order valence-electron chi connectivity index (χ0n) is 10.5. The fraction of sp³-hybridized carbons (Fsp3) is 0.250. The van der Waals surface area contributed by atoms with Gasteiger partial charge in [0.15, 0.2) is 4.34 Å². The van der Waals surface area contributed by atoms with Gasteiger partial charge in [0.25, 0.3) is 0 Å². The molecule has 0 atom stereocenters. The van der Waals surface area contributed by atoms with Gasteiger partial charge in [-0.05, 0) is 26.0 Å². The number of aromatic nitrogens is 2. The molecular weight excluding hydrogens is 282 g/mol. The van der Waals surface area contributed by atoms with Crippen molar-refractivity contribution >= 4 is 34.8 Å². The van der Waals surface area contributed by atoms with Crippen LogP contribution in [0.15, 0.2) is 27.4 Å². The number of carbonyl (C=O) groups excluding carboxylic acids is 1. The topological polar surface area (TPSA) is 78.1 Å². The molecule has 7 heteroatoms. The molecule has 5 nitrogen and oxygen atoms in total. The van der Waals surface area contributed by atoms with Gasteiger partial charge in [0.2, 0.25) is 0 Å². The summed E-state index contributed by atoms with van der Waals surface area (Å²) >= 11 is 2.79. The maximum absolute atomic E-state index is 11.9. The Hall–Kier alpha value is -1.60. The number of esters is 1. The lowest BCUT2D eigenvalue weighted by molar-refractivity contribution is 0.0522. The van der Waals surface area contributed by atoms with Crippen LogP contribution in [-0.4, -0.2) is 22.8 Å². The van der Waals surface area contributed by atoms with Crippen molar-refractivity contribution in [1.29, 1.82) is 0 Å². The minimum Gasteiger partial charge on any atom is -0.462 e. The molecule has 19 heavy (non-hydrogen) atoms. The van der Waals surface area contributed by atoms with Gasteiger partial charge in [0.05, 0.1) is 17.1 Å². The average Bonchev–Trinajstić information content (AvgIpc) is 2.78. The molecule has 1 aromatic heterocycles. The monoisotopic (exact) mass is 295 g/mol. The number of rotatable bonds is 4. The SMILES string of the molecule is CCOC(=O)c1cccc(N)c1Sc1nnc(C)s1. The van der Waals surface area contributed by atoms with Gasteiger partial charge in [-0.2, -0.15) is 0 Å². The fourth-order valence-corrected chi connectivity index (χ4v) is 3.34. The standard InChI is InChI=1S/C12H13N3O2S2/c1-3-17-11(16)8-5-4-6-9(13)10(8)19-12-15-14-7(2)18-12/h4-6H,3,13H2,1-2H3. The van der Waals surface area contributed by atoms with Crippen molar-refractivity contribution in [2.45, 2.75) is 23.1 Å². The fourth-order valence-electron chi connectivity index (χ4n) is 1.45. The molecule has 0 unspecified atom stereocenters. The van der Waals surface area contributed by atoms with Gasteiger partial charge in [0, 0.05) is 5.69 Å². The molecule has 0 amide bonds. The van der Waals surface area contributed by atoms with Crippen molar-refractivity contribution < 1.29 is 9.53 Å². The first kappa shape index (κ1) is 13.8. The predicted molar refractivity (Wildman–Crippen MR) is 75.6 cm³/mol. The van der Waals surface area contributed by atoms with Crippen LogP contribution >= 0.6 is 23.1 Å². The molecule has 0 fully saturated rings. The second-order valence-electron chi connectivity index (χ2n) is 3.63. The number of carbonyl (C=O) groups is 1. The molecule has 0 radical (unpaired) electrons. The van der Waals surface area contributed by atoms with Crippen LogP contribution in [0.4, 0.5) is 5.69 Å². The van der Waals surface area contributed by atoms with E-state index in [1.54, 1.807) is 25.1 Å². The number of hydrogen-bond acceptors (Lipinski definition) is 7. The number of benzene rings is 1. The highest BCUT2D eigenvalue weighted by Crippen LogP contribution is 2.36. The van der Waals surface area contributed by atoms with Crippen LogP contribution in [0.1, 0.15) is 22.3 Å². The Morgan fingerprint density at radius 3 is 2.89 bits per heavy atom. The minimum absolute atomic E-state index is 0.329. The number of aryl methyl sites for hydroxylation is 1. The van der Waals surface area contributed by atoms with E-state index >= 15 is 0 Å². The second kappa shape index (κ2) is 6.03. The zero-order valence-corrected chi connectivity index (χ0v) is 12.2. The molecular formula is C12H13N3O2S2. The first-order valence-electron chi connectivity index (χ1n) is 5.65. The zero-order chi connectivity index (χ0) is 13.8. The summed E-state index contributed by atoms with van der Waals surface area (Å²) in [6.07, 6.45) is 0. The molecule has 0 aliphatic heterocycles. The van der Waals surface area contributed by atoms with Crippen LogP contribution < -0.4 is 5.73 Å². The Morgan fingerprint density at radius 1 is 1.47 bits per heavy atom. The van der Waals surface area contributed by atoms with E-state index in [1.807, 2.05) is 6.92 Å². The maximum atomic E-state index is 11.9. The van der Waals surface area contributed by atoms with Gasteiger partial charge in [0.1, 0.15) is 5.01 Å². The van der Waals surface area contributed by atoms with Crippen molar-refractivity contribution in [3.8, 4) is 0 Å². The number of anilines is 1. The Bertz CT molecular complexity index is 598. The first-order valence-corrected chi connectivity index (χ1v) is 7.28. The largest absolute Gasteiger partial charge is 0.462 e. The van der Waals surface area contributed by atoms with Crippen LogP contribution in [0.2, 0.25) is 0 Å². The van der Waals surface area contributed by atoms with E-state index in [0.29, 0.717) is 22.8 Å². The highest BCUT2D eigenvalue weighted by molar-refractivity contribution is 8.01. The van der Waals surface area contributed by atoms with E-state index in [-0.39, 0.29) is 5.97 Å². The van der Waals surface area contributed by atoms with Gasteiger partial charge in [-0.1, -0.05) is 29.2 Å². The normalized spacial score (nSPS) is 10.4. The third-order valence-corrected chi connectivity index (χ3v) is 4.29. The van der Waals surface area contributed by atoms with E-state index < -0.39 is 0 Å². The van der Waals surface area contributed by atoms with Crippen LogP contribution in [0.25, 0.3) is 0 Å². The van der Waals surface area contributed by atoms with Gasteiger partial charge in [-0.25, -0.2) is 4.79 Å². The van der Waals surface area contributed by atoms with Crippen molar-refractivity contribution in [2.24, 2.45) is 0 Å². The van der Waals surface area contributed by atoms with Gasteiger partial charge >= 0.3 is 5.97 Å². The van der Waals surface area contributed by atoms with Crippen molar-refractivity contribution in [3.05, 3.63) is 28.8 Å². The second-order valence-corrected chi connectivity index (χ2v) is 6.07. The molecule has 2 aromatic rings. The van der Waals surface area contributed by atoms with E-state index in [4.69, 9.17) is 10.5 Å². The van der Waals surface area contributed by atoms with Gasteiger partial charge < -0.3 is 10.5 Å². The van der Waals surface area contributed by atoms with E-state index in [9.17, 15) is 4.79 Å².